The number of hydrogen-bond donors (Lipinski definition) is 2. The quantitative estimate of drug-likeness (QED) is 0.875. The predicted octanol–water partition coefficient (Wildman–Crippen LogP) is 3.62. The number of H-pyrrole nitrogens is 1. The number of hydrogen-bond acceptors (Lipinski definition) is 2. The molecule has 0 aliphatic carbocycles. The molecule has 2 N–H and O–H groups in total. The summed E-state index contributed by atoms with van der Waals surface area (Å²) in [5.74, 6) is -0.805. The molecule has 2 aromatic rings. The lowest BCUT2D eigenvalue weighted by molar-refractivity contribution is -0.149. The SMILES string of the molecule is CCN(Cc1c[nH]c2ccc(Br)cc12)C(C)(C)C(=O)O. The van der Waals surface area contributed by atoms with Crippen LogP contribution in [0.25, 0.3) is 10.9 Å². The van der Waals surface area contributed by atoms with E-state index in [0.717, 1.165) is 20.9 Å². The highest BCUT2D eigenvalue weighted by Crippen LogP contribution is 2.26. The van der Waals surface area contributed by atoms with Crippen LogP contribution in [-0.2, 0) is 11.3 Å². The van der Waals surface area contributed by atoms with Crippen LogP contribution < -0.4 is 0 Å². The van der Waals surface area contributed by atoms with Gasteiger partial charge in [-0.2, -0.15) is 0 Å². The van der Waals surface area contributed by atoms with Gasteiger partial charge in [0.15, 0.2) is 0 Å². The van der Waals surface area contributed by atoms with Crippen molar-refractivity contribution < 1.29 is 9.90 Å². The summed E-state index contributed by atoms with van der Waals surface area (Å²) < 4.78 is 1.02. The van der Waals surface area contributed by atoms with E-state index >= 15 is 0 Å². The fourth-order valence-corrected chi connectivity index (χ4v) is 2.69. The number of rotatable bonds is 5. The van der Waals surface area contributed by atoms with E-state index in [1.165, 1.54) is 0 Å². The highest BCUT2D eigenvalue weighted by atomic mass is 79.9. The van der Waals surface area contributed by atoms with Gasteiger partial charge < -0.3 is 10.1 Å². The third kappa shape index (κ3) is 2.74. The number of fused-ring (bicyclic) bond motifs is 1. The summed E-state index contributed by atoms with van der Waals surface area (Å²) in [6.45, 7) is 6.74. The number of halogens is 1. The van der Waals surface area contributed by atoms with Gasteiger partial charge in [0, 0.05) is 28.1 Å². The molecule has 1 aromatic carbocycles. The van der Waals surface area contributed by atoms with Crippen molar-refractivity contribution in [3.63, 3.8) is 0 Å². The molecular formula is C15H19BrN2O2. The summed E-state index contributed by atoms with van der Waals surface area (Å²) in [5, 5.41) is 10.5. The molecule has 2 rings (SSSR count). The zero-order chi connectivity index (χ0) is 14.9. The van der Waals surface area contributed by atoms with Crippen LogP contribution in [0.1, 0.15) is 26.3 Å². The molecule has 0 saturated heterocycles. The van der Waals surface area contributed by atoms with Gasteiger partial charge in [-0.1, -0.05) is 22.9 Å². The van der Waals surface area contributed by atoms with Gasteiger partial charge in [-0.15, -0.1) is 0 Å². The van der Waals surface area contributed by atoms with Gasteiger partial charge in [0.05, 0.1) is 0 Å². The molecule has 108 valence electrons. The molecule has 0 radical (unpaired) electrons. The largest absolute Gasteiger partial charge is 0.480 e. The van der Waals surface area contributed by atoms with Crippen molar-refractivity contribution in [1.82, 2.24) is 9.88 Å². The summed E-state index contributed by atoms with van der Waals surface area (Å²) in [5.41, 5.74) is 1.29. The van der Waals surface area contributed by atoms with Crippen LogP contribution in [0.3, 0.4) is 0 Å². The molecule has 0 spiro atoms. The zero-order valence-electron chi connectivity index (χ0n) is 11.9. The first kappa shape index (κ1) is 15.1. The minimum atomic E-state index is -0.885. The second kappa shape index (κ2) is 5.58. The summed E-state index contributed by atoms with van der Waals surface area (Å²) in [4.78, 5) is 16.6. The molecular weight excluding hydrogens is 320 g/mol. The lowest BCUT2D eigenvalue weighted by Crippen LogP contribution is -2.49. The fraction of sp³-hybridized carbons (Fsp3) is 0.400. The first-order valence-electron chi connectivity index (χ1n) is 6.60. The second-order valence-electron chi connectivity index (χ2n) is 5.38. The molecule has 0 bridgehead atoms. The fourth-order valence-electron chi connectivity index (χ4n) is 2.33. The van der Waals surface area contributed by atoms with Crippen LogP contribution in [0.2, 0.25) is 0 Å². The van der Waals surface area contributed by atoms with Crippen LogP contribution >= 0.6 is 15.9 Å². The standard InChI is InChI=1S/C15H19BrN2O2/c1-4-18(15(2,3)14(19)20)9-10-8-17-13-6-5-11(16)7-12(10)13/h5-8,17H,4,9H2,1-3H3,(H,19,20). The number of aromatic nitrogens is 1. The number of carboxylic acids is 1. The molecule has 0 saturated carbocycles. The number of benzene rings is 1. The molecule has 20 heavy (non-hydrogen) atoms. The normalized spacial score (nSPS) is 12.2. The third-order valence-corrected chi connectivity index (χ3v) is 4.28. The van der Waals surface area contributed by atoms with Gasteiger partial charge in [-0.3, -0.25) is 9.69 Å². The van der Waals surface area contributed by atoms with Crippen LogP contribution in [-0.4, -0.2) is 33.0 Å². The molecule has 0 amide bonds. The van der Waals surface area contributed by atoms with E-state index in [2.05, 4.69) is 27.0 Å². The molecule has 0 atom stereocenters. The number of nitrogens with zero attached hydrogens (tertiary/aromatic N) is 1. The molecule has 1 heterocycles. The molecule has 0 aliphatic heterocycles. The maximum atomic E-state index is 11.4. The van der Waals surface area contributed by atoms with Crippen molar-refractivity contribution in [2.24, 2.45) is 0 Å². The van der Waals surface area contributed by atoms with E-state index in [0.29, 0.717) is 13.1 Å². The van der Waals surface area contributed by atoms with E-state index in [1.54, 1.807) is 13.8 Å². The summed E-state index contributed by atoms with van der Waals surface area (Å²) in [6, 6.07) is 6.06. The van der Waals surface area contributed by atoms with Gasteiger partial charge >= 0.3 is 5.97 Å². The van der Waals surface area contributed by atoms with E-state index in [9.17, 15) is 9.90 Å². The van der Waals surface area contributed by atoms with E-state index in [4.69, 9.17) is 0 Å². The van der Waals surface area contributed by atoms with E-state index in [-0.39, 0.29) is 0 Å². The van der Waals surface area contributed by atoms with Crippen molar-refractivity contribution in [2.45, 2.75) is 32.9 Å². The number of nitrogens with one attached hydrogen (secondary N) is 1. The Labute approximate surface area is 126 Å². The molecule has 5 heteroatoms. The molecule has 0 aliphatic rings. The van der Waals surface area contributed by atoms with Crippen LogP contribution in [0, 0.1) is 0 Å². The highest BCUT2D eigenvalue weighted by molar-refractivity contribution is 9.10. The Morgan fingerprint density at radius 2 is 2.15 bits per heavy atom. The van der Waals surface area contributed by atoms with Crippen LogP contribution in [0.5, 0.6) is 0 Å². The van der Waals surface area contributed by atoms with E-state index < -0.39 is 11.5 Å². The molecule has 4 nitrogen and oxygen atoms in total. The topological polar surface area (TPSA) is 56.3 Å². The Kier molecular flexibility index (Phi) is 4.20. The number of aromatic amines is 1. The first-order chi connectivity index (χ1) is 9.36. The van der Waals surface area contributed by atoms with Crippen molar-refractivity contribution in [1.29, 1.82) is 0 Å². The molecule has 1 aromatic heterocycles. The summed E-state index contributed by atoms with van der Waals surface area (Å²) in [7, 11) is 0. The smallest absolute Gasteiger partial charge is 0.323 e. The lowest BCUT2D eigenvalue weighted by atomic mass is 10.0. The molecule has 0 unspecified atom stereocenters. The summed E-state index contributed by atoms with van der Waals surface area (Å²) >= 11 is 3.48. The Balaban J connectivity index is 2.35. The number of aliphatic carboxylic acids is 1. The van der Waals surface area contributed by atoms with Crippen molar-refractivity contribution in [3.05, 3.63) is 34.4 Å². The minimum absolute atomic E-state index is 0.603. The van der Waals surface area contributed by atoms with Crippen molar-refractivity contribution in [2.75, 3.05) is 6.54 Å². The van der Waals surface area contributed by atoms with Gasteiger partial charge in [0.1, 0.15) is 5.54 Å². The Morgan fingerprint density at radius 3 is 2.75 bits per heavy atom. The average Bonchev–Trinajstić information content (AvgIpc) is 2.77. The highest BCUT2D eigenvalue weighted by Gasteiger charge is 2.33. The van der Waals surface area contributed by atoms with Crippen LogP contribution in [0.15, 0.2) is 28.9 Å². The van der Waals surface area contributed by atoms with Crippen LogP contribution in [0.4, 0.5) is 0 Å². The number of carbonyl (C=O) groups is 1. The third-order valence-electron chi connectivity index (χ3n) is 3.79. The Morgan fingerprint density at radius 1 is 1.45 bits per heavy atom. The van der Waals surface area contributed by atoms with Gasteiger partial charge in [-0.05, 0) is 44.2 Å². The minimum Gasteiger partial charge on any atom is -0.480 e. The van der Waals surface area contributed by atoms with Gasteiger partial charge in [0.25, 0.3) is 0 Å². The summed E-state index contributed by atoms with van der Waals surface area (Å²) in [6.07, 6.45) is 1.96. The zero-order valence-corrected chi connectivity index (χ0v) is 13.5. The van der Waals surface area contributed by atoms with E-state index in [1.807, 2.05) is 30.2 Å². The first-order valence-corrected chi connectivity index (χ1v) is 7.39. The van der Waals surface area contributed by atoms with Crippen molar-refractivity contribution in [3.8, 4) is 0 Å². The maximum Gasteiger partial charge on any atom is 0.323 e. The predicted molar refractivity (Wildman–Crippen MR) is 83.8 cm³/mol. The van der Waals surface area contributed by atoms with Gasteiger partial charge in [0.2, 0.25) is 0 Å². The second-order valence-corrected chi connectivity index (χ2v) is 6.30. The lowest BCUT2D eigenvalue weighted by Gasteiger charge is -2.34. The average molecular weight is 339 g/mol. The molecule has 0 fully saturated rings. The monoisotopic (exact) mass is 338 g/mol. The number of likely N-dealkylation sites (N-methyl/N-ethyl adjacent to an activating group) is 1. The van der Waals surface area contributed by atoms with Crippen molar-refractivity contribution >= 4 is 32.8 Å². The Bertz CT molecular complexity index is 634. The van der Waals surface area contributed by atoms with Gasteiger partial charge in [-0.25, -0.2) is 0 Å². The maximum absolute atomic E-state index is 11.4. The Hall–Kier alpha value is -1.33. The number of carboxylic acid groups (broad SMARTS) is 1.